The zero-order valence-corrected chi connectivity index (χ0v) is 9.78. The molecule has 12 heavy (non-hydrogen) atoms. The van der Waals surface area contributed by atoms with Crippen molar-refractivity contribution in [3.05, 3.63) is 0 Å². The molecule has 1 heteroatoms. The quantitative estimate of drug-likeness (QED) is 0.685. The molecule has 0 aliphatic heterocycles. The van der Waals surface area contributed by atoms with E-state index in [-0.39, 0.29) is 0 Å². The predicted octanol–water partition coefficient (Wildman–Crippen LogP) is 3.59. The predicted molar refractivity (Wildman–Crippen MR) is 58.6 cm³/mol. The van der Waals surface area contributed by atoms with Crippen molar-refractivity contribution in [3.8, 4) is 0 Å². The van der Waals surface area contributed by atoms with E-state index in [9.17, 15) is 0 Å². The standard InChI is InChI=1S/C8H19N.C3H8/c1-5-8(6-2)9-7(3)4;1-3-2/h7-9H,5-6H2,1-4H3;3H2,1-2H3. The minimum atomic E-state index is 0.634. The lowest BCUT2D eigenvalue weighted by Crippen LogP contribution is -2.33. The molecule has 0 bridgehead atoms. The van der Waals surface area contributed by atoms with Gasteiger partial charge in [0.25, 0.3) is 0 Å². The fourth-order valence-electron chi connectivity index (χ4n) is 0.996. The number of hydrogen-bond donors (Lipinski definition) is 1. The maximum atomic E-state index is 3.48. The second-order valence-electron chi connectivity index (χ2n) is 3.54. The summed E-state index contributed by atoms with van der Waals surface area (Å²) in [5.41, 5.74) is 0. The lowest BCUT2D eigenvalue weighted by molar-refractivity contribution is 0.441. The van der Waals surface area contributed by atoms with Gasteiger partial charge in [0.05, 0.1) is 0 Å². The minimum absolute atomic E-state index is 0.634. The van der Waals surface area contributed by atoms with Crippen LogP contribution in [0, 0.1) is 0 Å². The number of rotatable bonds is 4. The Morgan fingerprint density at radius 2 is 1.25 bits per heavy atom. The monoisotopic (exact) mass is 173 g/mol. The summed E-state index contributed by atoms with van der Waals surface area (Å²) >= 11 is 0. The number of hydrogen-bond acceptors (Lipinski definition) is 1. The molecule has 76 valence electrons. The first kappa shape index (κ1) is 14.5. The molecule has 0 aliphatic carbocycles. The van der Waals surface area contributed by atoms with Crippen LogP contribution in [-0.2, 0) is 0 Å². The van der Waals surface area contributed by atoms with Crippen molar-refractivity contribution in [1.82, 2.24) is 5.32 Å². The minimum Gasteiger partial charge on any atom is -0.312 e. The SMILES string of the molecule is CCC.CCC(CC)NC(C)C. The van der Waals surface area contributed by atoms with Crippen LogP contribution in [0.15, 0.2) is 0 Å². The first-order chi connectivity index (χ1) is 5.62. The molecule has 0 aromatic rings. The van der Waals surface area contributed by atoms with Gasteiger partial charge in [-0.15, -0.1) is 0 Å². The van der Waals surface area contributed by atoms with Crippen LogP contribution in [0.3, 0.4) is 0 Å². The number of nitrogens with one attached hydrogen (secondary N) is 1. The van der Waals surface area contributed by atoms with Gasteiger partial charge in [0, 0.05) is 12.1 Å². The average molecular weight is 173 g/mol. The highest BCUT2D eigenvalue weighted by atomic mass is 14.9. The van der Waals surface area contributed by atoms with Crippen LogP contribution in [0.25, 0.3) is 0 Å². The Hall–Kier alpha value is -0.0400. The molecule has 0 aromatic carbocycles. The molecule has 0 unspecified atom stereocenters. The van der Waals surface area contributed by atoms with Crippen molar-refractivity contribution in [2.45, 2.75) is 72.9 Å². The second kappa shape index (κ2) is 11.0. The Bertz CT molecular complexity index is 65.4. The third-order valence-corrected chi connectivity index (χ3v) is 1.55. The van der Waals surface area contributed by atoms with Crippen molar-refractivity contribution in [1.29, 1.82) is 0 Å². The smallest absolute Gasteiger partial charge is 0.00641 e. The summed E-state index contributed by atoms with van der Waals surface area (Å²) < 4.78 is 0. The molecule has 0 saturated carbocycles. The zero-order valence-electron chi connectivity index (χ0n) is 9.78. The maximum absolute atomic E-state index is 3.48. The van der Waals surface area contributed by atoms with Gasteiger partial charge in [0.1, 0.15) is 0 Å². The van der Waals surface area contributed by atoms with Crippen LogP contribution < -0.4 is 5.32 Å². The van der Waals surface area contributed by atoms with Gasteiger partial charge in [-0.2, -0.15) is 0 Å². The summed E-state index contributed by atoms with van der Waals surface area (Å²) in [5.74, 6) is 0. The topological polar surface area (TPSA) is 12.0 Å². The lowest BCUT2D eigenvalue weighted by atomic mass is 10.1. The molecule has 0 atom stereocenters. The van der Waals surface area contributed by atoms with E-state index in [1.54, 1.807) is 0 Å². The Kier molecular flexibility index (Phi) is 13.2. The molecule has 0 aromatic heterocycles. The van der Waals surface area contributed by atoms with Crippen molar-refractivity contribution < 1.29 is 0 Å². The van der Waals surface area contributed by atoms with Crippen molar-refractivity contribution in [2.75, 3.05) is 0 Å². The van der Waals surface area contributed by atoms with Gasteiger partial charge in [0.15, 0.2) is 0 Å². The van der Waals surface area contributed by atoms with Crippen LogP contribution in [-0.4, -0.2) is 12.1 Å². The van der Waals surface area contributed by atoms with Gasteiger partial charge in [-0.1, -0.05) is 48.0 Å². The average Bonchev–Trinajstić information content (AvgIpc) is 2.01. The van der Waals surface area contributed by atoms with Gasteiger partial charge in [-0.3, -0.25) is 0 Å². The molecule has 0 rings (SSSR count). The molecule has 0 spiro atoms. The Morgan fingerprint density at radius 3 is 1.33 bits per heavy atom. The molecule has 0 amide bonds. The summed E-state index contributed by atoms with van der Waals surface area (Å²) in [6.07, 6.45) is 3.74. The summed E-state index contributed by atoms with van der Waals surface area (Å²) in [5, 5.41) is 3.48. The Labute approximate surface area is 78.9 Å². The summed E-state index contributed by atoms with van der Waals surface area (Å²) in [4.78, 5) is 0. The van der Waals surface area contributed by atoms with Crippen molar-refractivity contribution in [2.24, 2.45) is 0 Å². The maximum Gasteiger partial charge on any atom is 0.00641 e. The zero-order chi connectivity index (χ0) is 9.98. The van der Waals surface area contributed by atoms with Crippen molar-refractivity contribution >= 4 is 0 Å². The molecule has 0 radical (unpaired) electrons. The van der Waals surface area contributed by atoms with E-state index in [1.807, 2.05) is 0 Å². The van der Waals surface area contributed by atoms with Gasteiger partial charge >= 0.3 is 0 Å². The molecule has 0 aliphatic rings. The van der Waals surface area contributed by atoms with E-state index in [0.29, 0.717) is 6.04 Å². The highest BCUT2D eigenvalue weighted by Gasteiger charge is 2.02. The van der Waals surface area contributed by atoms with Crippen LogP contribution in [0.4, 0.5) is 0 Å². The molecule has 1 nitrogen and oxygen atoms in total. The first-order valence-corrected chi connectivity index (χ1v) is 5.38. The largest absolute Gasteiger partial charge is 0.312 e. The normalized spacial score (nSPS) is 10.0. The summed E-state index contributed by atoms with van der Waals surface area (Å²) in [6.45, 7) is 13.1. The fraction of sp³-hybridized carbons (Fsp3) is 1.00. The van der Waals surface area contributed by atoms with Crippen LogP contribution in [0.2, 0.25) is 0 Å². The van der Waals surface area contributed by atoms with E-state index in [2.05, 4.69) is 46.9 Å². The van der Waals surface area contributed by atoms with E-state index >= 15 is 0 Å². The van der Waals surface area contributed by atoms with Gasteiger partial charge < -0.3 is 5.32 Å². The molecule has 1 N–H and O–H groups in total. The molecular formula is C11H27N. The molecule has 0 heterocycles. The van der Waals surface area contributed by atoms with Crippen LogP contribution >= 0.6 is 0 Å². The van der Waals surface area contributed by atoms with Gasteiger partial charge in [-0.05, 0) is 12.8 Å². The lowest BCUT2D eigenvalue weighted by Gasteiger charge is -2.17. The molecule has 0 saturated heterocycles. The van der Waals surface area contributed by atoms with Crippen LogP contribution in [0.1, 0.15) is 60.8 Å². The van der Waals surface area contributed by atoms with E-state index in [1.165, 1.54) is 19.3 Å². The van der Waals surface area contributed by atoms with E-state index < -0.39 is 0 Å². The van der Waals surface area contributed by atoms with Crippen molar-refractivity contribution in [3.63, 3.8) is 0 Å². The first-order valence-electron chi connectivity index (χ1n) is 5.38. The summed E-state index contributed by atoms with van der Waals surface area (Å²) in [7, 11) is 0. The highest BCUT2D eigenvalue weighted by Crippen LogP contribution is 1.96. The Balaban J connectivity index is 0. The highest BCUT2D eigenvalue weighted by molar-refractivity contribution is 4.64. The van der Waals surface area contributed by atoms with Crippen LogP contribution in [0.5, 0.6) is 0 Å². The third-order valence-electron chi connectivity index (χ3n) is 1.55. The van der Waals surface area contributed by atoms with Gasteiger partial charge in [0.2, 0.25) is 0 Å². The van der Waals surface area contributed by atoms with Gasteiger partial charge in [-0.25, -0.2) is 0 Å². The summed E-state index contributed by atoms with van der Waals surface area (Å²) in [6, 6.07) is 1.36. The van der Waals surface area contributed by atoms with E-state index in [4.69, 9.17) is 0 Å². The van der Waals surface area contributed by atoms with E-state index in [0.717, 1.165) is 6.04 Å². The second-order valence-corrected chi connectivity index (χ2v) is 3.54. The third kappa shape index (κ3) is 12.6. The Morgan fingerprint density at radius 1 is 0.917 bits per heavy atom. The molecular weight excluding hydrogens is 146 g/mol. The fourth-order valence-corrected chi connectivity index (χ4v) is 0.996. The molecule has 0 fully saturated rings.